The van der Waals surface area contributed by atoms with Gasteiger partial charge < -0.3 is 5.32 Å². The minimum Gasteiger partial charge on any atom is -0.309 e. The Morgan fingerprint density at radius 1 is 0.824 bits per heavy atom. The molecule has 0 spiro atoms. The molecule has 0 saturated carbocycles. The van der Waals surface area contributed by atoms with Gasteiger partial charge in [0.1, 0.15) is 0 Å². The average molecular weight is 313 g/mol. The highest BCUT2D eigenvalue weighted by Crippen LogP contribution is 2.11. The summed E-state index contributed by atoms with van der Waals surface area (Å²) >= 11 is 3.47. The molecule has 0 atom stereocenters. The van der Waals surface area contributed by atoms with Gasteiger partial charge in [-0.1, -0.05) is 58.4 Å². The zero-order valence-corrected chi connectivity index (χ0v) is 11.8. The van der Waals surface area contributed by atoms with E-state index in [1.807, 2.05) is 12.1 Å². The van der Waals surface area contributed by atoms with Gasteiger partial charge in [-0.25, -0.2) is 0 Å². The van der Waals surface area contributed by atoms with Crippen molar-refractivity contribution in [1.82, 2.24) is 5.32 Å². The van der Waals surface area contributed by atoms with Crippen molar-refractivity contribution in [2.75, 3.05) is 0 Å². The normalized spacial score (nSPS) is 9.71. The van der Waals surface area contributed by atoms with Crippen LogP contribution >= 0.6 is 28.3 Å². The van der Waals surface area contributed by atoms with Crippen LogP contribution in [0.5, 0.6) is 0 Å². The molecule has 1 nitrogen and oxygen atoms in total. The quantitative estimate of drug-likeness (QED) is 0.894. The third-order valence-corrected chi connectivity index (χ3v) is 2.88. The lowest BCUT2D eigenvalue weighted by Gasteiger charge is -2.05. The Morgan fingerprint density at radius 3 is 2.18 bits per heavy atom. The van der Waals surface area contributed by atoms with Gasteiger partial charge in [0, 0.05) is 17.6 Å². The minimum atomic E-state index is 0. The number of hydrogen-bond donors (Lipinski definition) is 1. The van der Waals surface area contributed by atoms with Crippen LogP contribution in [0.2, 0.25) is 0 Å². The van der Waals surface area contributed by atoms with Crippen LogP contribution in [0.3, 0.4) is 0 Å². The third kappa shape index (κ3) is 4.90. The molecule has 0 aliphatic carbocycles. The van der Waals surface area contributed by atoms with Crippen molar-refractivity contribution in [2.24, 2.45) is 0 Å². The SMILES string of the molecule is Brc1cccc(CNCc2ccccc2)c1.Cl. The fourth-order valence-corrected chi connectivity index (χ4v) is 2.04. The zero-order valence-electron chi connectivity index (χ0n) is 9.40. The van der Waals surface area contributed by atoms with Crippen LogP contribution in [0.1, 0.15) is 11.1 Å². The molecule has 0 amide bonds. The number of nitrogens with one attached hydrogen (secondary N) is 1. The van der Waals surface area contributed by atoms with E-state index in [4.69, 9.17) is 0 Å². The van der Waals surface area contributed by atoms with E-state index in [1.54, 1.807) is 0 Å². The second-order valence-electron chi connectivity index (χ2n) is 3.72. The van der Waals surface area contributed by atoms with Crippen molar-refractivity contribution in [2.45, 2.75) is 13.1 Å². The summed E-state index contributed by atoms with van der Waals surface area (Å²) in [6, 6.07) is 18.8. The number of hydrogen-bond acceptors (Lipinski definition) is 1. The second kappa shape index (κ2) is 7.49. The third-order valence-electron chi connectivity index (χ3n) is 2.39. The van der Waals surface area contributed by atoms with Crippen molar-refractivity contribution < 1.29 is 0 Å². The molecule has 3 heteroatoms. The maximum absolute atomic E-state index is 3.47. The predicted octanol–water partition coefficient (Wildman–Crippen LogP) is 4.16. The van der Waals surface area contributed by atoms with Crippen molar-refractivity contribution in [1.29, 1.82) is 0 Å². The maximum atomic E-state index is 3.47. The van der Waals surface area contributed by atoms with Crippen LogP contribution in [0, 0.1) is 0 Å². The Labute approximate surface area is 117 Å². The predicted molar refractivity (Wildman–Crippen MR) is 78.4 cm³/mol. The molecule has 0 aromatic heterocycles. The van der Waals surface area contributed by atoms with Gasteiger partial charge in [-0.3, -0.25) is 0 Å². The maximum Gasteiger partial charge on any atom is 0.0209 e. The lowest BCUT2D eigenvalue weighted by atomic mass is 10.2. The number of halogens is 2. The highest BCUT2D eigenvalue weighted by molar-refractivity contribution is 9.10. The molecule has 17 heavy (non-hydrogen) atoms. The van der Waals surface area contributed by atoms with Gasteiger partial charge in [0.25, 0.3) is 0 Å². The molecular formula is C14H15BrClN. The van der Waals surface area contributed by atoms with E-state index in [0.29, 0.717) is 0 Å². The Hall–Kier alpha value is -0.830. The molecule has 2 aromatic rings. The molecule has 2 rings (SSSR count). The lowest BCUT2D eigenvalue weighted by molar-refractivity contribution is 0.693. The molecule has 0 bridgehead atoms. The molecular weight excluding hydrogens is 298 g/mol. The first-order valence-corrected chi connectivity index (χ1v) is 6.13. The summed E-state index contributed by atoms with van der Waals surface area (Å²) in [5, 5.41) is 3.42. The number of rotatable bonds is 4. The molecule has 0 saturated heterocycles. The summed E-state index contributed by atoms with van der Waals surface area (Å²) < 4.78 is 1.13. The Balaban J connectivity index is 0.00000144. The van der Waals surface area contributed by atoms with Crippen LogP contribution in [-0.4, -0.2) is 0 Å². The largest absolute Gasteiger partial charge is 0.309 e. The Kier molecular flexibility index (Phi) is 6.27. The summed E-state index contributed by atoms with van der Waals surface area (Å²) in [7, 11) is 0. The van der Waals surface area contributed by atoms with Crippen molar-refractivity contribution in [3.8, 4) is 0 Å². The highest BCUT2D eigenvalue weighted by Gasteiger charge is 1.94. The summed E-state index contributed by atoms with van der Waals surface area (Å²) in [5.74, 6) is 0. The van der Waals surface area contributed by atoms with Gasteiger partial charge in [0.05, 0.1) is 0 Å². The average Bonchev–Trinajstić information content (AvgIpc) is 2.30. The summed E-state index contributed by atoms with van der Waals surface area (Å²) in [4.78, 5) is 0. The van der Waals surface area contributed by atoms with E-state index in [9.17, 15) is 0 Å². The van der Waals surface area contributed by atoms with Gasteiger partial charge in [0.15, 0.2) is 0 Å². The molecule has 0 fully saturated rings. The van der Waals surface area contributed by atoms with Crippen molar-refractivity contribution in [3.63, 3.8) is 0 Å². The fraction of sp³-hybridized carbons (Fsp3) is 0.143. The zero-order chi connectivity index (χ0) is 11.2. The first-order chi connectivity index (χ1) is 7.84. The van der Waals surface area contributed by atoms with E-state index in [2.05, 4.69) is 63.7 Å². The van der Waals surface area contributed by atoms with E-state index < -0.39 is 0 Å². The van der Waals surface area contributed by atoms with E-state index >= 15 is 0 Å². The van der Waals surface area contributed by atoms with Crippen molar-refractivity contribution in [3.05, 3.63) is 70.2 Å². The molecule has 0 radical (unpaired) electrons. The molecule has 1 N–H and O–H groups in total. The monoisotopic (exact) mass is 311 g/mol. The molecule has 90 valence electrons. The number of benzene rings is 2. The van der Waals surface area contributed by atoms with Gasteiger partial charge in [0.2, 0.25) is 0 Å². The van der Waals surface area contributed by atoms with Crippen LogP contribution in [0.15, 0.2) is 59.1 Å². The Morgan fingerprint density at radius 2 is 1.47 bits per heavy atom. The van der Waals surface area contributed by atoms with Gasteiger partial charge in [-0.05, 0) is 23.3 Å². The van der Waals surface area contributed by atoms with Crippen LogP contribution in [0.4, 0.5) is 0 Å². The van der Waals surface area contributed by atoms with Gasteiger partial charge in [-0.2, -0.15) is 0 Å². The van der Waals surface area contributed by atoms with E-state index in [1.165, 1.54) is 11.1 Å². The molecule has 0 aliphatic heterocycles. The van der Waals surface area contributed by atoms with Crippen LogP contribution < -0.4 is 5.32 Å². The topological polar surface area (TPSA) is 12.0 Å². The molecule has 0 aliphatic rings. The van der Waals surface area contributed by atoms with Gasteiger partial charge >= 0.3 is 0 Å². The second-order valence-corrected chi connectivity index (χ2v) is 4.63. The first kappa shape index (κ1) is 14.2. The fourth-order valence-electron chi connectivity index (χ4n) is 1.59. The highest BCUT2D eigenvalue weighted by atomic mass is 79.9. The summed E-state index contributed by atoms with van der Waals surface area (Å²) in [5.41, 5.74) is 2.61. The first-order valence-electron chi connectivity index (χ1n) is 5.34. The summed E-state index contributed by atoms with van der Waals surface area (Å²) in [6.45, 7) is 1.81. The van der Waals surface area contributed by atoms with Gasteiger partial charge in [-0.15, -0.1) is 12.4 Å². The lowest BCUT2D eigenvalue weighted by Crippen LogP contribution is -2.12. The molecule has 0 unspecified atom stereocenters. The standard InChI is InChI=1S/C14H14BrN.ClH/c15-14-8-4-7-13(9-14)11-16-10-12-5-2-1-3-6-12;/h1-9,16H,10-11H2;1H. The molecule has 2 aromatic carbocycles. The molecule has 0 heterocycles. The van der Waals surface area contributed by atoms with Crippen LogP contribution in [0.25, 0.3) is 0 Å². The minimum absolute atomic E-state index is 0. The Bertz CT molecular complexity index is 445. The smallest absolute Gasteiger partial charge is 0.0209 e. The van der Waals surface area contributed by atoms with Crippen molar-refractivity contribution >= 4 is 28.3 Å². The van der Waals surface area contributed by atoms with Crippen LogP contribution in [-0.2, 0) is 13.1 Å². The van der Waals surface area contributed by atoms with E-state index in [-0.39, 0.29) is 12.4 Å². The van der Waals surface area contributed by atoms with E-state index in [0.717, 1.165) is 17.6 Å². The summed E-state index contributed by atoms with van der Waals surface area (Å²) in [6.07, 6.45) is 0.